The van der Waals surface area contributed by atoms with Gasteiger partial charge in [-0.3, -0.25) is 9.69 Å². The number of carbonyl (C=O) groups excluding carboxylic acids is 1. The third kappa shape index (κ3) is 5.64. The van der Waals surface area contributed by atoms with E-state index in [4.69, 9.17) is 4.74 Å². The van der Waals surface area contributed by atoms with Crippen LogP contribution in [0.2, 0.25) is 0 Å². The summed E-state index contributed by atoms with van der Waals surface area (Å²) in [6.45, 7) is 12.0. The highest BCUT2D eigenvalue weighted by Crippen LogP contribution is 2.32. The van der Waals surface area contributed by atoms with Gasteiger partial charge in [-0.25, -0.2) is 8.42 Å². The molecule has 7 nitrogen and oxygen atoms in total. The number of rotatable bonds is 7. The van der Waals surface area contributed by atoms with Crippen LogP contribution in [-0.2, 0) is 10.0 Å². The number of amides is 1. The molecule has 0 aromatic heterocycles. The van der Waals surface area contributed by atoms with Crippen LogP contribution < -0.4 is 10.1 Å². The Hall–Kier alpha value is -1.64. The van der Waals surface area contributed by atoms with E-state index in [0.29, 0.717) is 37.0 Å². The molecule has 1 aromatic rings. The van der Waals surface area contributed by atoms with Crippen LogP contribution in [0.4, 0.5) is 0 Å². The summed E-state index contributed by atoms with van der Waals surface area (Å²) in [6.07, 6.45) is 4.64. The Labute approximate surface area is 193 Å². The molecule has 2 fully saturated rings. The second-order valence-corrected chi connectivity index (χ2v) is 12.1. The second kappa shape index (κ2) is 10.1. The van der Waals surface area contributed by atoms with Crippen LogP contribution in [0.1, 0.15) is 63.7 Å². The van der Waals surface area contributed by atoms with Crippen molar-refractivity contribution in [3.8, 4) is 5.75 Å². The summed E-state index contributed by atoms with van der Waals surface area (Å²) >= 11 is 0. The van der Waals surface area contributed by atoms with Gasteiger partial charge in [0, 0.05) is 30.7 Å². The van der Waals surface area contributed by atoms with Gasteiger partial charge in [0.25, 0.3) is 5.91 Å². The lowest BCUT2D eigenvalue weighted by Gasteiger charge is -2.41. The van der Waals surface area contributed by atoms with Crippen molar-refractivity contribution in [3.05, 3.63) is 23.8 Å². The van der Waals surface area contributed by atoms with Gasteiger partial charge in [-0.1, -0.05) is 20.3 Å². The molecule has 2 saturated heterocycles. The van der Waals surface area contributed by atoms with E-state index >= 15 is 0 Å². The fourth-order valence-electron chi connectivity index (χ4n) is 4.97. The first kappa shape index (κ1) is 25.0. The molecule has 1 aromatic carbocycles. The Morgan fingerprint density at radius 1 is 1.12 bits per heavy atom. The van der Waals surface area contributed by atoms with E-state index in [1.807, 2.05) is 0 Å². The average molecular weight is 466 g/mol. The predicted octanol–water partition coefficient (Wildman–Crippen LogP) is 3.36. The highest BCUT2D eigenvalue weighted by Gasteiger charge is 2.34. The first-order chi connectivity index (χ1) is 15.0. The summed E-state index contributed by atoms with van der Waals surface area (Å²) in [7, 11) is -2.31. The summed E-state index contributed by atoms with van der Waals surface area (Å²) in [4.78, 5) is 15.4. The van der Waals surface area contributed by atoms with Crippen molar-refractivity contribution in [2.45, 2.75) is 63.8 Å². The van der Waals surface area contributed by atoms with E-state index < -0.39 is 10.0 Å². The quantitative estimate of drug-likeness (QED) is 0.668. The van der Waals surface area contributed by atoms with Gasteiger partial charge in [-0.2, -0.15) is 4.31 Å². The normalized spacial score (nSPS) is 23.7. The van der Waals surface area contributed by atoms with Crippen LogP contribution in [0.15, 0.2) is 23.1 Å². The fraction of sp³-hybridized carbons (Fsp3) is 0.708. The molecule has 1 N–H and O–H groups in total. The minimum Gasteiger partial charge on any atom is -0.495 e. The van der Waals surface area contributed by atoms with Crippen LogP contribution in [0.3, 0.4) is 0 Å². The maximum absolute atomic E-state index is 13.5. The summed E-state index contributed by atoms with van der Waals surface area (Å²) in [6, 6.07) is 4.66. The Balaban J connectivity index is 1.78. The van der Waals surface area contributed by atoms with Gasteiger partial charge in [0.05, 0.1) is 7.11 Å². The summed E-state index contributed by atoms with van der Waals surface area (Å²) < 4.78 is 33.8. The largest absolute Gasteiger partial charge is 0.495 e. The number of hydrogen-bond donors (Lipinski definition) is 1. The lowest BCUT2D eigenvalue weighted by Crippen LogP contribution is -2.53. The van der Waals surface area contributed by atoms with E-state index in [-0.39, 0.29) is 22.1 Å². The summed E-state index contributed by atoms with van der Waals surface area (Å²) in [5, 5.41) is 3.02. The molecule has 2 atom stereocenters. The van der Waals surface area contributed by atoms with Gasteiger partial charge < -0.3 is 10.1 Å². The molecule has 2 aliphatic heterocycles. The highest BCUT2D eigenvalue weighted by molar-refractivity contribution is 7.89. The van der Waals surface area contributed by atoms with E-state index in [1.54, 1.807) is 12.1 Å². The zero-order chi connectivity index (χ0) is 23.5. The molecule has 0 spiro atoms. The number of methoxy groups -OCH3 is 1. The Kier molecular flexibility index (Phi) is 7.89. The molecule has 2 aliphatic rings. The van der Waals surface area contributed by atoms with E-state index in [0.717, 1.165) is 19.5 Å². The fourth-order valence-corrected chi connectivity index (χ4v) is 6.83. The van der Waals surface area contributed by atoms with Gasteiger partial charge in [-0.05, 0) is 76.2 Å². The van der Waals surface area contributed by atoms with Crippen molar-refractivity contribution in [1.29, 1.82) is 0 Å². The lowest BCUT2D eigenvalue weighted by molar-refractivity contribution is 0.0797. The Morgan fingerprint density at radius 3 is 2.34 bits per heavy atom. The third-order valence-electron chi connectivity index (χ3n) is 6.77. The van der Waals surface area contributed by atoms with Gasteiger partial charge in [-0.15, -0.1) is 0 Å². The van der Waals surface area contributed by atoms with E-state index in [9.17, 15) is 13.2 Å². The first-order valence-electron chi connectivity index (χ1n) is 11.8. The zero-order valence-electron chi connectivity index (χ0n) is 20.2. The van der Waals surface area contributed by atoms with Crippen molar-refractivity contribution in [2.24, 2.45) is 11.8 Å². The standard InChI is InChI=1S/C24H39N3O4S/c1-18-13-19(2)16-27(15-18)32(29,30)22-14-20(9-10-21(22)31-5)23(28)25-17-24(3,4)26-11-7-6-8-12-26/h9-10,14,18-19H,6-8,11-13,15-17H2,1-5H3,(H,25,28). The van der Waals surface area contributed by atoms with Crippen LogP contribution in [0, 0.1) is 11.8 Å². The van der Waals surface area contributed by atoms with Gasteiger partial charge >= 0.3 is 0 Å². The third-order valence-corrected chi connectivity index (χ3v) is 8.63. The molecule has 0 saturated carbocycles. The van der Waals surface area contributed by atoms with Crippen molar-refractivity contribution in [3.63, 3.8) is 0 Å². The SMILES string of the molecule is COc1ccc(C(=O)NCC(C)(C)N2CCCCC2)cc1S(=O)(=O)N1CC(C)CC(C)C1. The van der Waals surface area contributed by atoms with Gasteiger partial charge in [0.2, 0.25) is 10.0 Å². The number of piperidine rings is 2. The van der Waals surface area contributed by atoms with E-state index in [2.05, 4.69) is 37.9 Å². The molecule has 180 valence electrons. The zero-order valence-corrected chi connectivity index (χ0v) is 21.0. The maximum Gasteiger partial charge on any atom is 0.251 e. The number of sulfonamides is 1. The second-order valence-electron chi connectivity index (χ2n) is 10.2. The van der Waals surface area contributed by atoms with Crippen molar-refractivity contribution in [2.75, 3.05) is 39.8 Å². The van der Waals surface area contributed by atoms with Crippen molar-refractivity contribution < 1.29 is 17.9 Å². The van der Waals surface area contributed by atoms with Crippen LogP contribution >= 0.6 is 0 Å². The summed E-state index contributed by atoms with van der Waals surface area (Å²) in [5.74, 6) is 0.585. The molecule has 2 heterocycles. The average Bonchev–Trinajstić information content (AvgIpc) is 2.77. The number of carbonyl (C=O) groups is 1. The highest BCUT2D eigenvalue weighted by atomic mass is 32.2. The molecule has 0 radical (unpaired) electrons. The molecular weight excluding hydrogens is 426 g/mol. The Morgan fingerprint density at radius 2 is 1.75 bits per heavy atom. The molecular formula is C24H39N3O4S. The molecule has 0 aliphatic carbocycles. The topological polar surface area (TPSA) is 79.0 Å². The molecule has 8 heteroatoms. The number of benzene rings is 1. The molecule has 0 bridgehead atoms. The van der Waals surface area contributed by atoms with Gasteiger partial charge in [0.1, 0.15) is 10.6 Å². The smallest absolute Gasteiger partial charge is 0.251 e. The molecule has 32 heavy (non-hydrogen) atoms. The number of likely N-dealkylation sites (tertiary alicyclic amines) is 1. The van der Waals surface area contributed by atoms with Crippen LogP contribution in [0.5, 0.6) is 5.75 Å². The number of hydrogen-bond acceptors (Lipinski definition) is 5. The predicted molar refractivity (Wildman–Crippen MR) is 127 cm³/mol. The van der Waals surface area contributed by atoms with Crippen molar-refractivity contribution in [1.82, 2.24) is 14.5 Å². The van der Waals surface area contributed by atoms with Crippen molar-refractivity contribution >= 4 is 15.9 Å². The first-order valence-corrected chi connectivity index (χ1v) is 13.2. The minimum atomic E-state index is -3.77. The minimum absolute atomic E-state index is 0.0595. The molecule has 3 rings (SSSR count). The number of ether oxygens (including phenoxy) is 1. The number of nitrogens with one attached hydrogen (secondary N) is 1. The molecule has 2 unspecified atom stereocenters. The van der Waals surface area contributed by atoms with Crippen LogP contribution in [-0.4, -0.2) is 68.9 Å². The van der Waals surface area contributed by atoms with Crippen LogP contribution in [0.25, 0.3) is 0 Å². The molecule has 1 amide bonds. The Bertz CT molecular complexity index is 900. The monoisotopic (exact) mass is 465 g/mol. The lowest BCUT2D eigenvalue weighted by atomic mass is 9.94. The van der Waals surface area contributed by atoms with E-state index in [1.165, 1.54) is 36.7 Å². The van der Waals surface area contributed by atoms with Gasteiger partial charge in [0.15, 0.2) is 0 Å². The number of nitrogens with zero attached hydrogens (tertiary/aromatic N) is 2. The maximum atomic E-state index is 13.5. The summed E-state index contributed by atoms with van der Waals surface area (Å²) in [5.41, 5.74) is 0.175.